The van der Waals surface area contributed by atoms with Crippen molar-refractivity contribution in [3.63, 3.8) is 0 Å². The van der Waals surface area contributed by atoms with Gasteiger partial charge in [-0.2, -0.15) is 0 Å². The molecule has 1 heterocycles. The van der Waals surface area contributed by atoms with Crippen LogP contribution in [0.2, 0.25) is 0 Å². The Morgan fingerprint density at radius 2 is 1.88 bits per heavy atom. The molecule has 0 bridgehead atoms. The molecule has 1 atom stereocenters. The average molecular weight is 245 g/mol. The number of likely N-dealkylation sites (N-methyl/N-ethyl adjacent to an activating group) is 1. The van der Waals surface area contributed by atoms with Gasteiger partial charge in [0.1, 0.15) is 0 Å². The first-order valence-corrected chi connectivity index (χ1v) is 6.93. The monoisotopic (exact) mass is 245 g/mol. The molecule has 1 aliphatic rings. The normalized spacial score (nSPS) is 19.3. The molecule has 1 aliphatic heterocycles. The highest BCUT2D eigenvalue weighted by Crippen LogP contribution is 2.14. The average Bonchev–Trinajstić information content (AvgIpc) is 2.41. The van der Waals surface area contributed by atoms with Crippen molar-refractivity contribution >= 4 is 5.91 Å². The Kier molecular flexibility index (Phi) is 14.8. The van der Waals surface area contributed by atoms with Gasteiger partial charge >= 0.3 is 0 Å². The maximum Gasteiger partial charge on any atom is 0.237 e. The zero-order valence-corrected chi connectivity index (χ0v) is 12.3. The lowest BCUT2D eigenvalue weighted by molar-refractivity contribution is -0.126. The molecule has 1 unspecified atom stereocenters. The predicted molar refractivity (Wildman–Crippen MR) is 75.0 cm³/mol. The van der Waals surface area contributed by atoms with E-state index < -0.39 is 0 Å². The zero-order valence-electron chi connectivity index (χ0n) is 12.3. The lowest BCUT2D eigenvalue weighted by Gasteiger charge is -2.31. The highest BCUT2D eigenvalue weighted by molar-refractivity contribution is 5.81. The summed E-state index contributed by atoms with van der Waals surface area (Å²) in [6.07, 6.45) is 3.34. The van der Waals surface area contributed by atoms with E-state index in [-0.39, 0.29) is 11.9 Å². The number of carbonyl (C=O) groups excluding carboxylic acids is 1. The first kappa shape index (κ1) is 18.7. The molecule has 0 saturated carbocycles. The second-order valence-corrected chi connectivity index (χ2v) is 3.57. The number of hydrogen-bond acceptors (Lipinski definition) is 3. The topological polar surface area (TPSA) is 58.4 Å². The molecule has 3 N–H and O–H groups in total. The fraction of sp³-hybridized carbons (Fsp3) is 0.923. The molecule has 1 rings (SSSR count). The van der Waals surface area contributed by atoms with E-state index in [2.05, 4.69) is 10.2 Å². The second-order valence-electron chi connectivity index (χ2n) is 3.57. The van der Waals surface area contributed by atoms with E-state index >= 15 is 0 Å². The molecule has 0 spiro atoms. The van der Waals surface area contributed by atoms with Gasteiger partial charge in [-0.05, 0) is 26.4 Å². The minimum absolute atomic E-state index is 0.0697. The maximum atomic E-state index is 11.6. The third-order valence-electron chi connectivity index (χ3n) is 2.52. The molecule has 0 radical (unpaired) electrons. The van der Waals surface area contributed by atoms with Crippen LogP contribution in [0.25, 0.3) is 0 Å². The van der Waals surface area contributed by atoms with Crippen molar-refractivity contribution in [2.45, 2.75) is 53.0 Å². The van der Waals surface area contributed by atoms with Crippen LogP contribution in [0.15, 0.2) is 0 Å². The van der Waals surface area contributed by atoms with Crippen LogP contribution in [-0.4, -0.2) is 43.5 Å². The molecule has 0 aliphatic carbocycles. The predicted octanol–water partition coefficient (Wildman–Crippen LogP) is 1.60. The summed E-state index contributed by atoms with van der Waals surface area (Å²) >= 11 is 0. The molecule has 4 nitrogen and oxygen atoms in total. The van der Waals surface area contributed by atoms with Gasteiger partial charge in [-0.3, -0.25) is 9.69 Å². The SMILES string of the molecule is CC.CC.CN1CCCCC1C(=O)NCCN. The standard InChI is InChI=1S/C9H19N3O.2C2H6/c1-12-7-3-2-4-8(12)9(13)11-6-5-10;2*1-2/h8H,2-7,10H2,1H3,(H,11,13);2*1-2H3. The maximum absolute atomic E-state index is 11.6. The summed E-state index contributed by atoms with van der Waals surface area (Å²) in [4.78, 5) is 13.7. The Morgan fingerprint density at radius 3 is 2.35 bits per heavy atom. The number of nitrogens with two attached hydrogens (primary N) is 1. The van der Waals surface area contributed by atoms with E-state index in [1.54, 1.807) is 0 Å². The highest BCUT2D eigenvalue weighted by Gasteiger charge is 2.24. The summed E-state index contributed by atoms with van der Waals surface area (Å²) in [6.45, 7) is 10.1. The van der Waals surface area contributed by atoms with Crippen LogP contribution in [0.5, 0.6) is 0 Å². The van der Waals surface area contributed by atoms with Crippen LogP contribution in [-0.2, 0) is 4.79 Å². The summed E-state index contributed by atoms with van der Waals surface area (Å²) < 4.78 is 0. The van der Waals surface area contributed by atoms with E-state index in [9.17, 15) is 4.79 Å². The van der Waals surface area contributed by atoms with E-state index in [0.29, 0.717) is 13.1 Å². The van der Waals surface area contributed by atoms with Crippen molar-refractivity contribution in [3.8, 4) is 0 Å². The molecule has 17 heavy (non-hydrogen) atoms. The number of hydrogen-bond donors (Lipinski definition) is 2. The minimum Gasteiger partial charge on any atom is -0.353 e. The largest absolute Gasteiger partial charge is 0.353 e. The Hall–Kier alpha value is -0.610. The van der Waals surface area contributed by atoms with Crippen LogP contribution in [0.4, 0.5) is 0 Å². The Balaban J connectivity index is 0. The van der Waals surface area contributed by atoms with Gasteiger partial charge < -0.3 is 11.1 Å². The number of nitrogens with one attached hydrogen (secondary N) is 1. The smallest absolute Gasteiger partial charge is 0.237 e. The van der Waals surface area contributed by atoms with Crippen molar-refractivity contribution < 1.29 is 4.79 Å². The molecule has 104 valence electrons. The Labute approximate surface area is 107 Å². The lowest BCUT2D eigenvalue weighted by Crippen LogP contribution is -2.48. The van der Waals surface area contributed by atoms with Gasteiger partial charge in [0, 0.05) is 13.1 Å². The number of nitrogens with zero attached hydrogens (tertiary/aromatic N) is 1. The van der Waals surface area contributed by atoms with Crippen LogP contribution in [0, 0.1) is 0 Å². The minimum atomic E-state index is 0.0697. The Morgan fingerprint density at radius 1 is 1.29 bits per heavy atom. The molecule has 0 aromatic carbocycles. The van der Waals surface area contributed by atoms with Gasteiger partial charge in [0.15, 0.2) is 0 Å². The van der Waals surface area contributed by atoms with Gasteiger partial charge in [0.25, 0.3) is 0 Å². The van der Waals surface area contributed by atoms with Crippen molar-refractivity contribution in [2.24, 2.45) is 5.73 Å². The third-order valence-corrected chi connectivity index (χ3v) is 2.52. The summed E-state index contributed by atoms with van der Waals surface area (Å²) in [6, 6.07) is 0.0697. The summed E-state index contributed by atoms with van der Waals surface area (Å²) in [5.41, 5.74) is 5.31. The van der Waals surface area contributed by atoms with E-state index in [1.165, 1.54) is 6.42 Å². The lowest BCUT2D eigenvalue weighted by atomic mass is 10.0. The fourth-order valence-electron chi connectivity index (χ4n) is 1.72. The second kappa shape index (κ2) is 13.5. The van der Waals surface area contributed by atoms with Gasteiger partial charge in [-0.15, -0.1) is 0 Å². The molecule has 1 saturated heterocycles. The van der Waals surface area contributed by atoms with Crippen molar-refractivity contribution in [3.05, 3.63) is 0 Å². The van der Waals surface area contributed by atoms with Gasteiger partial charge in [0.05, 0.1) is 6.04 Å². The van der Waals surface area contributed by atoms with Crippen molar-refractivity contribution in [1.29, 1.82) is 0 Å². The van der Waals surface area contributed by atoms with E-state index in [4.69, 9.17) is 5.73 Å². The first-order valence-electron chi connectivity index (χ1n) is 6.93. The number of carbonyl (C=O) groups is 1. The molecule has 1 amide bonds. The van der Waals surface area contributed by atoms with Crippen LogP contribution < -0.4 is 11.1 Å². The van der Waals surface area contributed by atoms with Gasteiger partial charge in [0.2, 0.25) is 5.91 Å². The van der Waals surface area contributed by atoms with Gasteiger partial charge in [-0.1, -0.05) is 34.1 Å². The van der Waals surface area contributed by atoms with Crippen molar-refractivity contribution in [1.82, 2.24) is 10.2 Å². The first-order chi connectivity index (χ1) is 8.25. The molecule has 0 aromatic rings. The molecule has 1 fully saturated rings. The fourth-order valence-corrected chi connectivity index (χ4v) is 1.72. The van der Waals surface area contributed by atoms with Crippen LogP contribution in [0.1, 0.15) is 47.0 Å². The van der Waals surface area contributed by atoms with E-state index in [1.807, 2.05) is 34.7 Å². The van der Waals surface area contributed by atoms with Gasteiger partial charge in [-0.25, -0.2) is 0 Å². The molecule has 4 heteroatoms. The van der Waals surface area contributed by atoms with E-state index in [0.717, 1.165) is 19.4 Å². The highest BCUT2D eigenvalue weighted by atomic mass is 16.2. The number of amides is 1. The quantitative estimate of drug-likeness (QED) is 0.794. The summed E-state index contributed by atoms with van der Waals surface area (Å²) in [5.74, 6) is 0.132. The zero-order chi connectivity index (χ0) is 13.7. The summed E-state index contributed by atoms with van der Waals surface area (Å²) in [7, 11) is 2.01. The number of rotatable bonds is 3. The van der Waals surface area contributed by atoms with Crippen LogP contribution in [0.3, 0.4) is 0 Å². The van der Waals surface area contributed by atoms with Crippen molar-refractivity contribution in [2.75, 3.05) is 26.7 Å². The molecular weight excluding hydrogens is 214 g/mol. The summed E-state index contributed by atoms with van der Waals surface area (Å²) in [5, 5.41) is 2.83. The van der Waals surface area contributed by atoms with Crippen LogP contribution >= 0.6 is 0 Å². The molecular formula is C13H31N3O. The Bertz CT molecular complexity index is 174. The third kappa shape index (κ3) is 8.16. The molecule has 0 aromatic heterocycles. The number of piperidine rings is 1. The number of likely N-dealkylation sites (tertiary alicyclic amines) is 1.